The van der Waals surface area contributed by atoms with Crippen molar-refractivity contribution in [1.82, 2.24) is 20.3 Å². The molecule has 0 saturated heterocycles. The van der Waals surface area contributed by atoms with Gasteiger partial charge in [0.05, 0.1) is 0 Å². The van der Waals surface area contributed by atoms with E-state index in [-0.39, 0.29) is 0 Å². The lowest BCUT2D eigenvalue weighted by atomic mass is 10.2. The first-order valence-corrected chi connectivity index (χ1v) is 7.03. The van der Waals surface area contributed by atoms with E-state index in [9.17, 15) is 0 Å². The van der Waals surface area contributed by atoms with E-state index in [0.29, 0.717) is 6.01 Å². The highest BCUT2D eigenvalue weighted by molar-refractivity contribution is 5.30. The molecule has 0 amide bonds. The molecule has 2 heterocycles. The van der Waals surface area contributed by atoms with Crippen molar-refractivity contribution in [3.8, 4) is 11.8 Å². The normalized spacial score (nSPS) is 10.4. The van der Waals surface area contributed by atoms with Gasteiger partial charge in [0.15, 0.2) is 0 Å². The number of nitrogens with one attached hydrogen (secondary N) is 1. The molecule has 110 valence electrons. The highest BCUT2D eigenvalue weighted by Gasteiger charge is 2.01. The van der Waals surface area contributed by atoms with Gasteiger partial charge in [0, 0.05) is 37.9 Å². The van der Waals surface area contributed by atoms with E-state index in [4.69, 9.17) is 4.74 Å². The second-order valence-corrected chi connectivity index (χ2v) is 4.74. The number of hydrogen-bond acceptors (Lipinski definition) is 5. The predicted octanol–water partition coefficient (Wildman–Crippen LogP) is 2.95. The van der Waals surface area contributed by atoms with E-state index in [1.54, 1.807) is 30.9 Å². The Morgan fingerprint density at radius 2 is 1.59 bits per heavy atom. The fraction of sp³-hybridized carbons (Fsp3) is 0.118. The molecule has 0 aliphatic heterocycles. The van der Waals surface area contributed by atoms with Gasteiger partial charge in [-0.15, -0.1) is 0 Å². The van der Waals surface area contributed by atoms with Crippen LogP contribution in [-0.2, 0) is 13.1 Å². The van der Waals surface area contributed by atoms with Crippen molar-refractivity contribution < 1.29 is 4.74 Å². The number of hydrogen-bond donors (Lipinski definition) is 1. The SMILES string of the molecule is c1cnc(Oc2cccc(CNCc3ccncc3)c2)nc1. The van der Waals surface area contributed by atoms with Crippen LogP contribution in [0.5, 0.6) is 11.8 Å². The molecule has 0 spiro atoms. The number of benzene rings is 1. The van der Waals surface area contributed by atoms with E-state index in [1.807, 2.05) is 30.3 Å². The second kappa shape index (κ2) is 7.28. The van der Waals surface area contributed by atoms with Crippen molar-refractivity contribution in [1.29, 1.82) is 0 Å². The number of aromatic nitrogens is 3. The Morgan fingerprint density at radius 3 is 2.41 bits per heavy atom. The highest BCUT2D eigenvalue weighted by atomic mass is 16.5. The Morgan fingerprint density at radius 1 is 0.818 bits per heavy atom. The molecule has 5 heteroatoms. The van der Waals surface area contributed by atoms with Gasteiger partial charge in [-0.05, 0) is 41.5 Å². The van der Waals surface area contributed by atoms with Gasteiger partial charge in [-0.2, -0.15) is 0 Å². The number of nitrogens with zero attached hydrogens (tertiary/aromatic N) is 3. The summed E-state index contributed by atoms with van der Waals surface area (Å²) in [7, 11) is 0. The zero-order valence-electron chi connectivity index (χ0n) is 12.0. The molecule has 0 atom stereocenters. The minimum atomic E-state index is 0.351. The summed E-state index contributed by atoms with van der Waals surface area (Å²) < 4.78 is 5.63. The third-order valence-electron chi connectivity index (χ3n) is 3.06. The van der Waals surface area contributed by atoms with Gasteiger partial charge in [0.25, 0.3) is 0 Å². The van der Waals surface area contributed by atoms with Crippen LogP contribution in [0.1, 0.15) is 11.1 Å². The molecular weight excluding hydrogens is 276 g/mol. The fourth-order valence-corrected chi connectivity index (χ4v) is 2.01. The van der Waals surface area contributed by atoms with E-state index >= 15 is 0 Å². The zero-order valence-corrected chi connectivity index (χ0v) is 12.0. The molecule has 0 radical (unpaired) electrons. The van der Waals surface area contributed by atoms with Crippen LogP contribution in [0.4, 0.5) is 0 Å². The summed E-state index contributed by atoms with van der Waals surface area (Å²) in [6.07, 6.45) is 6.90. The molecule has 0 aliphatic rings. The van der Waals surface area contributed by atoms with Gasteiger partial charge in [-0.25, -0.2) is 9.97 Å². The van der Waals surface area contributed by atoms with Gasteiger partial charge in [0.2, 0.25) is 0 Å². The molecule has 3 aromatic rings. The molecular formula is C17H16N4O. The molecule has 3 rings (SSSR count). The summed E-state index contributed by atoms with van der Waals surface area (Å²) in [5, 5.41) is 3.39. The first kappa shape index (κ1) is 14.2. The average molecular weight is 292 g/mol. The van der Waals surface area contributed by atoms with Crippen LogP contribution in [0.15, 0.2) is 67.3 Å². The predicted molar refractivity (Wildman–Crippen MR) is 83.3 cm³/mol. The maximum absolute atomic E-state index is 5.63. The van der Waals surface area contributed by atoms with Crippen molar-refractivity contribution >= 4 is 0 Å². The van der Waals surface area contributed by atoms with Crippen LogP contribution in [0.2, 0.25) is 0 Å². The quantitative estimate of drug-likeness (QED) is 0.757. The second-order valence-electron chi connectivity index (χ2n) is 4.74. The van der Waals surface area contributed by atoms with Crippen LogP contribution in [0.25, 0.3) is 0 Å². The summed E-state index contributed by atoms with van der Waals surface area (Å²) in [5.41, 5.74) is 2.35. The smallest absolute Gasteiger partial charge is 0.321 e. The molecule has 2 aromatic heterocycles. The first-order chi connectivity index (χ1) is 10.9. The summed E-state index contributed by atoms with van der Waals surface area (Å²) >= 11 is 0. The van der Waals surface area contributed by atoms with E-state index in [1.165, 1.54) is 5.56 Å². The van der Waals surface area contributed by atoms with E-state index < -0.39 is 0 Å². The van der Waals surface area contributed by atoms with Crippen molar-refractivity contribution in [2.45, 2.75) is 13.1 Å². The number of pyridine rings is 1. The van der Waals surface area contributed by atoms with Crippen LogP contribution in [0.3, 0.4) is 0 Å². The minimum absolute atomic E-state index is 0.351. The first-order valence-electron chi connectivity index (χ1n) is 7.03. The van der Waals surface area contributed by atoms with Crippen molar-refractivity contribution in [3.05, 3.63) is 78.4 Å². The van der Waals surface area contributed by atoms with Gasteiger partial charge >= 0.3 is 6.01 Å². The number of ether oxygens (including phenoxy) is 1. The highest BCUT2D eigenvalue weighted by Crippen LogP contribution is 2.18. The van der Waals surface area contributed by atoms with Gasteiger partial charge in [-0.3, -0.25) is 4.98 Å². The Hall–Kier alpha value is -2.79. The number of rotatable bonds is 6. The van der Waals surface area contributed by atoms with Crippen LogP contribution in [-0.4, -0.2) is 15.0 Å². The Kier molecular flexibility index (Phi) is 4.69. The van der Waals surface area contributed by atoms with Gasteiger partial charge in [-0.1, -0.05) is 12.1 Å². The third-order valence-corrected chi connectivity index (χ3v) is 3.06. The zero-order chi connectivity index (χ0) is 15.0. The molecule has 0 saturated carbocycles. The molecule has 1 aromatic carbocycles. The average Bonchev–Trinajstić information content (AvgIpc) is 2.57. The van der Waals surface area contributed by atoms with Crippen molar-refractivity contribution in [2.75, 3.05) is 0 Å². The summed E-state index contributed by atoms with van der Waals surface area (Å²) in [5.74, 6) is 0.731. The van der Waals surface area contributed by atoms with Crippen LogP contribution < -0.4 is 10.1 Å². The molecule has 0 bridgehead atoms. The Balaban J connectivity index is 1.57. The standard InChI is InChI=1S/C17H16N4O/c1-3-15(13-19-12-14-5-9-18-10-6-14)11-16(4-1)22-17-20-7-2-8-21-17/h1-11,19H,12-13H2. The maximum atomic E-state index is 5.63. The summed E-state index contributed by atoms with van der Waals surface area (Å²) in [4.78, 5) is 12.1. The fourth-order valence-electron chi connectivity index (χ4n) is 2.01. The maximum Gasteiger partial charge on any atom is 0.321 e. The largest absolute Gasteiger partial charge is 0.424 e. The Bertz CT molecular complexity index is 704. The summed E-state index contributed by atoms with van der Waals surface area (Å²) in [6.45, 7) is 1.56. The lowest BCUT2D eigenvalue weighted by Gasteiger charge is -2.07. The lowest BCUT2D eigenvalue weighted by molar-refractivity contribution is 0.441. The van der Waals surface area contributed by atoms with E-state index in [2.05, 4.69) is 26.3 Å². The molecule has 1 N–H and O–H groups in total. The molecule has 0 unspecified atom stereocenters. The third kappa shape index (κ3) is 4.10. The van der Waals surface area contributed by atoms with Crippen LogP contribution >= 0.6 is 0 Å². The van der Waals surface area contributed by atoms with Gasteiger partial charge in [0.1, 0.15) is 5.75 Å². The summed E-state index contributed by atoms with van der Waals surface area (Å²) in [6, 6.07) is 14.0. The van der Waals surface area contributed by atoms with Crippen molar-refractivity contribution in [3.63, 3.8) is 0 Å². The van der Waals surface area contributed by atoms with E-state index in [0.717, 1.165) is 24.4 Å². The minimum Gasteiger partial charge on any atom is -0.424 e. The van der Waals surface area contributed by atoms with Crippen molar-refractivity contribution in [2.24, 2.45) is 0 Å². The Labute approximate surface area is 129 Å². The molecule has 22 heavy (non-hydrogen) atoms. The van der Waals surface area contributed by atoms with Crippen LogP contribution in [0, 0.1) is 0 Å². The monoisotopic (exact) mass is 292 g/mol. The molecule has 0 fully saturated rings. The van der Waals surface area contributed by atoms with Gasteiger partial charge < -0.3 is 10.1 Å². The molecule has 0 aliphatic carbocycles. The molecule has 5 nitrogen and oxygen atoms in total. The lowest BCUT2D eigenvalue weighted by Crippen LogP contribution is -2.12. The topological polar surface area (TPSA) is 59.9 Å².